The average Bonchev–Trinajstić information content (AvgIpc) is 3.24. The first-order chi connectivity index (χ1) is 15.9. The lowest BCUT2D eigenvalue weighted by atomic mass is 10.0. The van der Waals surface area contributed by atoms with Crippen molar-refractivity contribution in [3.8, 4) is 0 Å². The monoisotopic (exact) mass is 491 g/mol. The van der Waals surface area contributed by atoms with Gasteiger partial charge in [-0.15, -0.1) is 4.41 Å². The van der Waals surface area contributed by atoms with E-state index in [1.165, 1.54) is 12.1 Å². The molecule has 3 rings (SSSR count). The number of urea groups is 1. The first-order valence-corrected chi connectivity index (χ1v) is 12.5. The van der Waals surface area contributed by atoms with E-state index < -0.39 is 39.5 Å². The number of hydrogen-bond donors (Lipinski definition) is 1. The van der Waals surface area contributed by atoms with E-state index in [-0.39, 0.29) is 24.4 Å². The number of carbonyl (C=O) groups excluding carboxylic acids is 2. The molecule has 1 saturated heterocycles. The molecule has 0 radical (unpaired) electrons. The molecule has 0 aliphatic carbocycles. The highest BCUT2D eigenvalue weighted by Crippen LogP contribution is 2.23. The van der Waals surface area contributed by atoms with Crippen LogP contribution in [-0.4, -0.2) is 54.6 Å². The second-order valence-corrected chi connectivity index (χ2v) is 11.1. The van der Waals surface area contributed by atoms with E-state index in [1.807, 2.05) is 31.2 Å². The molecule has 0 bridgehead atoms. The number of amides is 2. The van der Waals surface area contributed by atoms with Gasteiger partial charge in [-0.2, -0.15) is 0 Å². The van der Waals surface area contributed by atoms with Crippen LogP contribution in [0.5, 0.6) is 0 Å². The van der Waals surface area contributed by atoms with Gasteiger partial charge >= 0.3 is 12.0 Å². The van der Waals surface area contributed by atoms with E-state index in [0.29, 0.717) is 6.42 Å². The quantitative estimate of drug-likeness (QED) is 0.625. The molecule has 1 atom stereocenters. The minimum Gasteiger partial charge on any atom is -0.458 e. The van der Waals surface area contributed by atoms with Gasteiger partial charge in [0.25, 0.3) is 10.0 Å². The third-order valence-electron chi connectivity index (χ3n) is 5.14. The SMILES string of the molecule is Cc1ccc(C[C@H](NC(=O)N2CCCN2S(=O)(=O)c2cccc(F)c2)C(=O)OC(C)(C)C)cc1. The van der Waals surface area contributed by atoms with Gasteiger partial charge in [0, 0.05) is 19.5 Å². The van der Waals surface area contributed by atoms with Crippen LogP contribution in [0.1, 0.15) is 38.3 Å². The van der Waals surface area contributed by atoms with Gasteiger partial charge in [0.1, 0.15) is 17.5 Å². The number of aryl methyl sites for hydroxylation is 1. The number of benzene rings is 2. The van der Waals surface area contributed by atoms with Crippen LogP contribution in [0.15, 0.2) is 53.4 Å². The predicted molar refractivity (Wildman–Crippen MR) is 125 cm³/mol. The lowest BCUT2D eigenvalue weighted by Gasteiger charge is -2.30. The molecular weight excluding hydrogens is 461 g/mol. The highest BCUT2D eigenvalue weighted by molar-refractivity contribution is 7.89. The maximum absolute atomic E-state index is 13.6. The smallest absolute Gasteiger partial charge is 0.333 e. The van der Waals surface area contributed by atoms with Crippen LogP contribution < -0.4 is 5.32 Å². The Morgan fingerprint density at radius 2 is 1.79 bits per heavy atom. The Labute approximate surface area is 199 Å². The fourth-order valence-corrected chi connectivity index (χ4v) is 5.08. The summed E-state index contributed by atoms with van der Waals surface area (Å²) in [5.41, 5.74) is 1.09. The molecule has 1 N–H and O–H groups in total. The predicted octanol–water partition coefficient (Wildman–Crippen LogP) is 3.41. The van der Waals surface area contributed by atoms with Crippen molar-refractivity contribution in [3.63, 3.8) is 0 Å². The third kappa shape index (κ3) is 6.32. The van der Waals surface area contributed by atoms with Crippen molar-refractivity contribution < 1.29 is 27.1 Å². The lowest BCUT2D eigenvalue weighted by molar-refractivity contribution is -0.157. The second-order valence-electron chi connectivity index (χ2n) is 9.21. The Bertz CT molecular complexity index is 1150. The first-order valence-electron chi connectivity index (χ1n) is 11.0. The largest absolute Gasteiger partial charge is 0.458 e. The van der Waals surface area contributed by atoms with Gasteiger partial charge in [0.05, 0.1) is 4.90 Å². The molecule has 2 amide bonds. The zero-order chi connectivity index (χ0) is 25.1. The second kappa shape index (κ2) is 10.1. The minimum absolute atomic E-state index is 0.0569. The molecule has 0 saturated carbocycles. The summed E-state index contributed by atoms with van der Waals surface area (Å²) in [6.07, 6.45) is 0.572. The maximum atomic E-state index is 13.6. The van der Waals surface area contributed by atoms with Crippen LogP contribution in [0.2, 0.25) is 0 Å². The number of hydrazine groups is 1. The fraction of sp³-hybridized carbons (Fsp3) is 0.417. The molecule has 0 aromatic heterocycles. The van der Waals surface area contributed by atoms with Crippen molar-refractivity contribution in [1.82, 2.24) is 14.7 Å². The van der Waals surface area contributed by atoms with Crippen LogP contribution in [0.25, 0.3) is 0 Å². The normalized spacial score (nSPS) is 15.7. The molecule has 1 heterocycles. The number of hydrogen-bond acceptors (Lipinski definition) is 5. The number of rotatable bonds is 6. The molecule has 10 heteroatoms. The highest BCUT2D eigenvalue weighted by atomic mass is 32.2. The van der Waals surface area contributed by atoms with E-state index in [0.717, 1.165) is 32.7 Å². The van der Waals surface area contributed by atoms with Crippen LogP contribution in [-0.2, 0) is 26.0 Å². The van der Waals surface area contributed by atoms with E-state index in [1.54, 1.807) is 20.8 Å². The molecule has 1 fully saturated rings. The molecule has 2 aromatic rings. The van der Waals surface area contributed by atoms with Gasteiger partial charge in [0.15, 0.2) is 0 Å². The minimum atomic E-state index is -4.16. The summed E-state index contributed by atoms with van der Waals surface area (Å²) in [6.45, 7) is 7.31. The first kappa shape index (κ1) is 25.6. The van der Waals surface area contributed by atoms with Gasteiger partial charge in [0.2, 0.25) is 0 Å². The van der Waals surface area contributed by atoms with Crippen LogP contribution in [0.4, 0.5) is 9.18 Å². The number of carbonyl (C=O) groups is 2. The molecule has 34 heavy (non-hydrogen) atoms. The van der Waals surface area contributed by atoms with Crippen LogP contribution in [0, 0.1) is 12.7 Å². The number of nitrogens with zero attached hydrogens (tertiary/aromatic N) is 2. The Kier molecular flexibility index (Phi) is 7.62. The van der Waals surface area contributed by atoms with Crippen molar-refractivity contribution in [2.24, 2.45) is 0 Å². The van der Waals surface area contributed by atoms with Crippen LogP contribution in [0.3, 0.4) is 0 Å². The average molecular weight is 492 g/mol. The number of ether oxygens (including phenoxy) is 1. The van der Waals surface area contributed by atoms with Gasteiger partial charge < -0.3 is 10.1 Å². The van der Waals surface area contributed by atoms with Gasteiger partial charge in [-0.1, -0.05) is 35.9 Å². The van der Waals surface area contributed by atoms with Gasteiger partial charge in [-0.05, 0) is 57.9 Å². The van der Waals surface area contributed by atoms with Crippen molar-refractivity contribution in [2.45, 2.75) is 57.1 Å². The molecule has 0 unspecified atom stereocenters. The molecule has 184 valence electrons. The summed E-state index contributed by atoms with van der Waals surface area (Å²) in [5.74, 6) is -1.32. The van der Waals surface area contributed by atoms with Gasteiger partial charge in [-0.25, -0.2) is 27.4 Å². The van der Waals surface area contributed by atoms with E-state index >= 15 is 0 Å². The number of halogens is 1. The van der Waals surface area contributed by atoms with Crippen molar-refractivity contribution in [3.05, 3.63) is 65.5 Å². The molecule has 1 aliphatic heterocycles. The Balaban J connectivity index is 1.82. The summed E-state index contributed by atoms with van der Waals surface area (Å²) >= 11 is 0. The molecule has 8 nitrogen and oxygen atoms in total. The molecule has 2 aromatic carbocycles. The van der Waals surface area contributed by atoms with E-state index in [9.17, 15) is 22.4 Å². The summed E-state index contributed by atoms with van der Waals surface area (Å²) < 4.78 is 46.2. The number of esters is 1. The van der Waals surface area contributed by atoms with Crippen molar-refractivity contribution in [1.29, 1.82) is 0 Å². The Hall–Kier alpha value is -2.98. The third-order valence-corrected chi connectivity index (χ3v) is 6.93. The zero-order valence-corrected chi connectivity index (χ0v) is 20.6. The summed E-state index contributed by atoms with van der Waals surface area (Å²) in [4.78, 5) is 25.8. The molecular formula is C24H30FN3O5S. The Morgan fingerprint density at radius 3 is 2.41 bits per heavy atom. The lowest BCUT2D eigenvalue weighted by Crippen LogP contribution is -2.54. The maximum Gasteiger partial charge on any atom is 0.333 e. The summed E-state index contributed by atoms with van der Waals surface area (Å²) in [7, 11) is -4.16. The van der Waals surface area contributed by atoms with E-state index in [4.69, 9.17) is 4.74 Å². The van der Waals surface area contributed by atoms with Crippen LogP contribution >= 0.6 is 0 Å². The highest BCUT2D eigenvalue weighted by Gasteiger charge is 2.38. The fourth-order valence-electron chi connectivity index (χ4n) is 3.54. The van der Waals surface area contributed by atoms with E-state index in [2.05, 4.69) is 5.32 Å². The Morgan fingerprint density at radius 1 is 1.12 bits per heavy atom. The number of sulfonamides is 1. The summed E-state index contributed by atoms with van der Waals surface area (Å²) in [5, 5.41) is 3.68. The zero-order valence-electron chi connectivity index (χ0n) is 19.7. The van der Waals surface area contributed by atoms with Crippen molar-refractivity contribution in [2.75, 3.05) is 13.1 Å². The van der Waals surface area contributed by atoms with Gasteiger partial charge in [-0.3, -0.25) is 0 Å². The molecule has 1 aliphatic rings. The number of nitrogens with one attached hydrogen (secondary N) is 1. The van der Waals surface area contributed by atoms with Crippen molar-refractivity contribution >= 4 is 22.0 Å². The topological polar surface area (TPSA) is 96.0 Å². The molecule has 0 spiro atoms. The standard InChI is InChI=1S/C24H30FN3O5S/c1-17-9-11-18(12-10-17)15-21(22(29)33-24(2,3)4)26-23(30)27-13-6-14-28(27)34(31,32)20-8-5-7-19(25)16-20/h5,7-12,16,21H,6,13-15H2,1-4H3,(H,26,30)/t21-/m0/s1. The summed E-state index contributed by atoms with van der Waals surface area (Å²) in [6, 6.07) is 10.3.